The predicted octanol–water partition coefficient (Wildman–Crippen LogP) is 6.81. The lowest BCUT2D eigenvalue weighted by atomic mass is 9.99. The molecule has 79 heavy (non-hydrogen) atoms. The van der Waals surface area contributed by atoms with E-state index in [1.54, 1.807) is 26.8 Å². The predicted molar refractivity (Wildman–Crippen MR) is 284 cm³/mol. The Kier molecular flexibility index (Phi) is 14.3. The van der Waals surface area contributed by atoms with E-state index in [2.05, 4.69) is 25.0 Å². The summed E-state index contributed by atoms with van der Waals surface area (Å²) in [5.74, 6) is -5.13. The van der Waals surface area contributed by atoms with E-state index in [-0.39, 0.29) is 59.5 Å². The first-order valence-corrected chi connectivity index (χ1v) is 27.3. The molecule has 0 aliphatic carbocycles. The number of anilines is 3. The van der Waals surface area contributed by atoms with Crippen LogP contribution in [0.1, 0.15) is 92.6 Å². The maximum absolute atomic E-state index is 17.0. The number of nitrogens with one attached hydrogen (secondary N) is 1. The second-order valence-corrected chi connectivity index (χ2v) is 24.1. The number of pyridine rings is 1. The van der Waals surface area contributed by atoms with Crippen molar-refractivity contribution in [3.05, 3.63) is 101 Å². The van der Waals surface area contributed by atoms with Crippen molar-refractivity contribution in [2.45, 2.75) is 96.8 Å². The molecule has 4 fully saturated rings. The van der Waals surface area contributed by atoms with Crippen molar-refractivity contribution in [2.24, 2.45) is 0 Å². The Bertz CT molecular complexity index is 3440. The monoisotopic (exact) mass is 1110 g/mol. The number of piperidine rings is 1. The van der Waals surface area contributed by atoms with Crippen LogP contribution in [0.3, 0.4) is 0 Å². The zero-order valence-electron chi connectivity index (χ0n) is 44.7. The third-order valence-corrected chi connectivity index (χ3v) is 16.4. The van der Waals surface area contributed by atoms with Crippen LogP contribution in [0, 0.1) is 11.6 Å². The molecule has 5 aliphatic rings. The van der Waals surface area contributed by atoms with E-state index >= 15 is 8.78 Å². The van der Waals surface area contributed by atoms with Gasteiger partial charge in [0.2, 0.25) is 17.6 Å². The first-order valence-electron chi connectivity index (χ1n) is 25.9. The summed E-state index contributed by atoms with van der Waals surface area (Å²) in [6.45, 7) is 13.1. The maximum atomic E-state index is 17.0. The zero-order valence-corrected chi connectivity index (χ0v) is 45.5. The molecule has 4 amide bonds. The average Bonchev–Trinajstić information content (AvgIpc) is 4.31. The molecule has 3 aromatic carbocycles. The van der Waals surface area contributed by atoms with Crippen LogP contribution in [-0.2, 0) is 35.8 Å². The van der Waals surface area contributed by atoms with Gasteiger partial charge in [-0.2, -0.15) is 17.0 Å². The number of alkyl halides is 1. The van der Waals surface area contributed by atoms with E-state index in [4.69, 9.17) is 14.2 Å². The third kappa shape index (κ3) is 10.6. The van der Waals surface area contributed by atoms with Crippen molar-refractivity contribution in [1.82, 2.24) is 29.0 Å². The van der Waals surface area contributed by atoms with E-state index < -0.39 is 92.5 Å². The molecule has 0 bridgehead atoms. The topological polar surface area (TPSA) is 214 Å². The summed E-state index contributed by atoms with van der Waals surface area (Å²) in [6.07, 6.45) is -1.35. The number of nitrogens with zero attached hydrogens (tertiary/aromatic N) is 8. The molecule has 418 valence electrons. The summed E-state index contributed by atoms with van der Waals surface area (Å²) < 4.78 is 93.5. The molecule has 0 radical (unpaired) electrons. The van der Waals surface area contributed by atoms with E-state index in [0.717, 1.165) is 67.0 Å². The number of fused-ring (bicyclic) bond motifs is 2. The second-order valence-electron chi connectivity index (χ2n) is 22.3. The SMILES string of the molecule is COc1cc(N2CC(N3CCN(c4ccc(-c5cnc6c(c5)c(C(=O)c5c(F)ccc(N(C(=O)OC(C)(C)C)S(=O)(=O)N7CC[C@@H](F)C7)c5F)cn6C(=O)OC(C)(C)C)cc4)CC3)C2)cc2c1C(=O)N(C1CCC(=O)NC1=O)C2. The summed E-state index contributed by atoms with van der Waals surface area (Å²) in [7, 11) is -3.54. The van der Waals surface area contributed by atoms with E-state index in [1.165, 1.54) is 39.0 Å². The number of amides is 4. The normalized spacial score (nSPS) is 19.6. The lowest BCUT2D eigenvalue weighted by molar-refractivity contribution is -0.136. The number of piperazine rings is 1. The van der Waals surface area contributed by atoms with Gasteiger partial charge in [0, 0.05) is 112 Å². The minimum Gasteiger partial charge on any atom is -0.496 e. The van der Waals surface area contributed by atoms with Gasteiger partial charge in [0.05, 0.1) is 23.8 Å². The second kappa shape index (κ2) is 20.6. The molecule has 1 unspecified atom stereocenters. The van der Waals surface area contributed by atoms with Gasteiger partial charge in [-0.3, -0.25) is 29.4 Å². The Labute approximate surface area is 454 Å². The van der Waals surface area contributed by atoms with Crippen LogP contribution < -0.4 is 24.2 Å². The number of methoxy groups -OCH3 is 1. The molecule has 2 aromatic heterocycles. The molecule has 4 saturated heterocycles. The lowest BCUT2D eigenvalue weighted by Gasteiger charge is -2.49. The third-order valence-electron chi connectivity index (χ3n) is 14.6. The number of carbonyl (C=O) groups excluding carboxylic acids is 6. The van der Waals surface area contributed by atoms with E-state index in [9.17, 15) is 41.6 Å². The van der Waals surface area contributed by atoms with E-state index in [0.29, 0.717) is 44.9 Å². The summed E-state index contributed by atoms with van der Waals surface area (Å²) >= 11 is 0. The standard InChI is InChI=1S/C55H60F3N9O11S/c1-54(2,3)77-52(72)66-30-39(48(69)46-40(57)12-13-41(47(46)58)67(53(73)78-55(4,5)6)79(74,75)64-17-16-34(56)27-64)38-23-32(25-59-49(38)66)31-8-10-35(11-9-31)61-18-20-62(21-19-61)37-28-63(29-37)36-22-33-26-65(42-14-15-44(68)60-50(42)70)51(71)45(33)43(24-36)76-7/h8-13,22-25,30,34,37,42H,14-21,26-29H2,1-7H3,(H,60,68,70)/t34-,42?/m1/s1. The number of ether oxygens (including phenoxy) is 3. The molecule has 0 spiro atoms. The van der Waals surface area contributed by atoms with Gasteiger partial charge >= 0.3 is 22.4 Å². The van der Waals surface area contributed by atoms with Crippen molar-refractivity contribution in [3.63, 3.8) is 0 Å². The van der Waals surface area contributed by atoms with Gasteiger partial charge in [0.15, 0.2) is 5.82 Å². The molecule has 5 aliphatic heterocycles. The van der Waals surface area contributed by atoms with Gasteiger partial charge in [-0.15, -0.1) is 0 Å². The molecular weight excluding hydrogens is 1050 g/mol. The molecule has 20 nitrogen and oxygen atoms in total. The van der Waals surface area contributed by atoms with Crippen molar-refractivity contribution in [1.29, 1.82) is 0 Å². The Hall–Kier alpha value is -7.57. The molecule has 5 aromatic rings. The van der Waals surface area contributed by atoms with E-state index in [1.807, 2.05) is 36.4 Å². The highest BCUT2D eigenvalue weighted by molar-refractivity contribution is 7.91. The highest BCUT2D eigenvalue weighted by Gasteiger charge is 2.45. The summed E-state index contributed by atoms with van der Waals surface area (Å²) in [5, 5.41) is 2.34. The molecular formula is C55H60F3N9O11S. The summed E-state index contributed by atoms with van der Waals surface area (Å²) in [6, 6.07) is 13.9. The highest BCUT2D eigenvalue weighted by atomic mass is 32.2. The fourth-order valence-electron chi connectivity index (χ4n) is 10.7. The Morgan fingerprint density at radius 2 is 1.51 bits per heavy atom. The first-order chi connectivity index (χ1) is 37.3. The van der Waals surface area contributed by atoms with Crippen LogP contribution >= 0.6 is 0 Å². The number of hydrogen-bond donors (Lipinski definition) is 1. The lowest BCUT2D eigenvalue weighted by Crippen LogP contribution is -2.63. The number of aromatic nitrogens is 2. The van der Waals surface area contributed by atoms with Gasteiger partial charge in [-0.1, -0.05) is 12.1 Å². The Morgan fingerprint density at radius 3 is 2.14 bits per heavy atom. The minimum absolute atomic E-state index is 0.00293. The van der Waals surface area contributed by atoms with Gasteiger partial charge in [-0.25, -0.2) is 32.3 Å². The molecule has 2 atom stereocenters. The maximum Gasteiger partial charge on any atom is 0.430 e. The largest absolute Gasteiger partial charge is 0.496 e. The smallest absolute Gasteiger partial charge is 0.430 e. The summed E-state index contributed by atoms with van der Waals surface area (Å²) in [5.41, 5.74) is -0.897. The first kappa shape index (κ1) is 54.8. The fraction of sp³-hybridized carbons (Fsp3) is 0.436. The number of hydrogen-bond acceptors (Lipinski definition) is 15. The van der Waals surface area contributed by atoms with Crippen molar-refractivity contribution in [3.8, 4) is 16.9 Å². The Morgan fingerprint density at radius 1 is 0.810 bits per heavy atom. The van der Waals surface area contributed by atoms with Crippen molar-refractivity contribution >= 4 is 74.0 Å². The number of ketones is 1. The number of benzene rings is 3. The summed E-state index contributed by atoms with van der Waals surface area (Å²) in [4.78, 5) is 92.9. The fourth-order valence-corrected chi connectivity index (χ4v) is 12.2. The molecule has 7 heterocycles. The van der Waals surface area contributed by atoms with Gasteiger partial charge < -0.3 is 28.9 Å². The van der Waals surface area contributed by atoms with Crippen molar-refractivity contribution in [2.75, 3.05) is 73.6 Å². The number of rotatable bonds is 11. The van der Waals surface area contributed by atoms with Crippen LogP contribution in [0.5, 0.6) is 5.75 Å². The molecule has 24 heteroatoms. The van der Waals surface area contributed by atoms with Crippen molar-refractivity contribution < 1.29 is 64.6 Å². The van der Waals surface area contributed by atoms with Crippen LogP contribution in [0.25, 0.3) is 22.2 Å². The van der Waals surface area contributed by atoms with Crippen LogP contribution in [0.4, 0.5) is 39.8 Å². The van der Waals surface area contributed by atoms with Crippen LogP contribution in [-0.4, -0.2) is 157 Å². The van der Waals surface area contributed by atoms with Crippen LogP contribution in [0.2, 0.25) is 0 Å². The number of halogens is 3. The molecule has 1 N–H and O–H groups in total. The molecule has 10 rings (SSSR count). The van der Waals surface area contributed by atoms with Gasteiger partial charge in [0.1, 0.15) is 46.3 Å². The van der Waals surface area contributed by atoms with Crippen LogP contribution in [0.15, 0.2) is 67.0 Å². The Balaban J connectivity index is 0.858. The highest BCUT2D eigenvalue weighted by Crippen LogP contribution is 2.40. The minimum atomic E-state index is -5.06. The number of carbonyl (C=O) groups is 6. The zero-order chi connectivity index (χ0) is 56.6. The average molecular weight is 1110 g/mol. The van der Waals surface area contributed by atoms with Gasteiger partial charge in [0.25, 0.3) is 5.91 Å². The number of imide groups is 1. The van der Waals surface area contributed by atoms with Gasteiger partial charge in [-0.05, 0) is 102 Å². The quantitative estimate of drug-likeness (QED) is 0.106. The molecule has 0 saturated carbocycles.